The monoisotopic (exact) mass is 201 g/mol. The molecule has 0 atom stereocenters. The molecule has 82 valence electrons. The van der Waals surface area contributed by atoms with Gasteiger partial charge in [-0.3, -0.25) is 4.79 Å². The molecule has 0 spiro atoms. The number of aliphatic hydroxyl groups is 1. The third-order valence-electron chi connectivity index (χ3n) is 2.36. The number of hydrogen-bond donors (Lipinski definition) is 1. The SMILES string of the molecule is CC(C)OCC(=O)N1CCC(O)CC1. The fourth-order valence-electron chi connectivity index (χ4n) is 1.44. The zero-order chi connectivity index (χ0) is 10.6. The maximum atomic E-state index is 11.5. The van der Waals surface area contributed by atoms with Crippen LogP contribution >= 0.6 is 0 Å². The summed E-state index contributed by atoms with van der Waals surface area (Å²) in [7, 11) is 0. The smallest absolute Gasteiger partial charge is 0.248 e. The number of nitrogens with zero attached hydrogens (tertiary/aromatic N) is 1. The highest BCUT2D eigenvalue weighted by molar-refractivity contribution is 5.77. The van der Waals surface area contributed by atoms with E-state index in [9.17, 15) is 9.90 Å². The van der Waals surface area contributed by atoms with Crippen LogP contribution in [-0.2, 0) is 9.53 Å². The highest BCUT2D eigenvalue weighted by atomic mass is 16.5. The molecule has 0 unspecified atom stereocenters. The normalized spacial score (nSPS) is 19.0. The van der Waals surface area contributed by atoms with Gasteiger partial charge in [-0.2, -0.15) is 0 Å². The lowest BCUT2D eigenvalue weighted by atomic mass is 10.1. The number of carbonyl (C=O) groups is 1. The van der Waals surface area contributed by atoms with E-state index in [2.05, 4.69) is 0 Å². The van der Waals surface area contributed by atoms with E-state index in [0.717, 1.165) is 0 Å². The molecule has 0 aliphatic carbocycles. The van der Waals surface area contributed by atoms with Gasteiger partial charge in [-0.1, -0.05) is 0 Å². The highest BCUT2D eigenvalue weighted by Gasteiger charge is 2.21. The zero-order valence-corrected chi connectivity index (χ0v) is 8.90. The van der Waals surface area contributed by atoms with Crippen molar-refractivity contribution in [1.29, 1.82) is 0 Å². The number of hydrogen-bond acceptors (Lipinski definition) is 3. The largest absolute Gasteiger partial charge is 0.393 e. The van der Waals surface area contributed by atoms with Crippen LogP contribution in [0.1, 0.15) is 26.7 Å². The van der Waals surface area contributed by atoms with Gasteiger partial charge in [-0.25, -0.2) is 0 Å². The summed E-state index contributed by atoms with van der Waals surface area (Å²) in [4.78, 5) is 13.3. The molecule has 1 aliphatic heterocycles. The van der Waals surface area contributed by atoms with Crippen molar-refractivity contribution < 1.29 is 14.6 Å². The first kappa shape index (κ1) is 11.5. The Morgan fingerprint density at radius 2 is 2.07 bits per heavy atom. The molecule has 14 heavy (non-hydrogen) atoms. The summed E-state index contributed by atoms with van der Waals surface area (Å²) in [6.07, 6.45) is 1.24. The van der Waals surface area contributed by atoms with E-state index in [-0.39, 0.29) is 24.7 Å². The molecule has 0 bridgehead atoms. The molecule has 1 rings (SSSR count). The van der Waals surface area contributed by atoms with Gasteiger partial charge in [-0.15, -0.1) is 0 Å². The number of carbonyl (C=O) groups excluding carboxylic acids is 1. The van der Waals surface area contributed by atoms with Crippen LogP contribution in [0, 0.1) is 0 Å². The predicted molar refractivity (Wildman–Crippen MR) is 52.9 cm³/mol. The van der Waals surface area contributed by atoms with Crippen LogP contribution in [0.3, 0.4) is 0 Å². The summed E-state index contributed by atoms with van der Waals surface area (Å²) in [6.45, 7) is 5.29. The number of piperidine rings is 1. The summed E-state index contributed by atoms with van der Waals surface area (Å²) in [6, 6.07) is 0. The predicted octanol–water partition coefficient (Wildman–Crippen LogP) is 0.395. The number of likely N-dealkylation sites (tertiary alicyclic amines) is 1. The molecule has 1 amide bonds. The maximum Gasteiger partial charge on any atom is 0.248 e. The molecule has 4 heteroatoms. The lowest BCUT2D eigenvalue weighted by Gasteiger charge is -2.29. The van der Waals surface area contributed by atoms with Crippen molar-refractivity contribution in [1.82, 2.24) is 4.90 Å². The van der Waals surface area contributed by atoms with Gasteiger partial charge in [0, 0.05) is 13.1 Å². The minimum atomic E-state index is -0.231. The van der Waals surface area contributed by atoms with Crippen molar-refractivity contribution in [2.75, 3.05) is 19.7 Å². The zero-order valence-electron chi connectivity index (χ0n) is 8.90. The lowest BCUT2D eigenvalue weighted by Crippen LogP contribution is -2.42. The second kappa shape index (κ2) is 5.32. The third-order valence-corrected chi connectivity index (χ3v) is 2.36. The topological polar surface area (TPSA) is 49.8 Å². The van der Waals surface area contributed by atoms with E-state index in [4.69, 9.17) is 4.74 Å². The summed E-state index contributed by atoms with van der Waals surface area (Å²) in [5.41, 5.74) is 0. The Balaban J connectivity index is 2.24. The molecular weight excluding hydrogens is 182 g/mol. The number of amides is 1. The van der Waals surface area contributed by atoms with E-state index in [1.807, 2.05) is 13.8 Å². The minimum absolute atomic E-state index is 0.0330. The van der Waals surface area contributed by atoms with Crippen LogP contribution in [0.4, 0.5) is 0 Å². The van der Waals surface area contributed by atoms with Gasteiger partial charge < -0.3 is 14.7 Å². The average Bonchev–Trinajstić information content (AvgIpc) is 2.15. The van der Waals surface area contributed by atoms with Crippen LogP contribution in [0.2, 0.25) is 0 Å². The fraction of sp³-hybridized carbons (Fsp3) is 0.900. The van der Waals surface area contributed by atoms with Crippen molar-refractivity contribution in [2.45, 2.75) is 38.9 Å². The molecule has 0 aromatic carbocycles. The Bertz CT molecular complexity index is 186. The molecule has 1 heterocycles. The van der Waals surface area contributed by atoms with E-state index in [0.29, 0.717) is 25.9 Å². The van der Waals surface area contributed by atoms with Crippen LogP contribution in [0.25, 0.3) is 0 Å². The molecule has 0 radical (unpaired) electrons. The molecule has 1 fully saturated rings. The molecule has 1 saturated heterocycles. The molecule has 0 aromatic rings. The van der Waals surface area contributed by atoms with Crippen LogP contribution < -0.4 is 0 Å². The van der Waals surface area contributed by atoms with Crippen molar-refractivity contribution in [2.24, 2.45) is 0 Å². The number of rotatable bonds is 3. The Morgan fingerprint density at radius 1 is 1.50 bits per heavy atom. The summed E-state index contributed by atoms with van der Waals surface area (Å²) < 4.78 is 5.23. The quantitative estimate of drug-likeness (QED) is 0.719. The standard InChI is InChI=1S/C10H19NO3/c1-8(2)14-7-10(13)11-5-3-9(12)4-6-11/h8-9,12H,3-7H2,1-2H3. The van der Waals surface area contributed by atoms with Crippen molar-refractivity contribution in [3.05, 3.63) is 0 Å². The molecule has 0 saturated carbocycles. The first-order valence-electron chi connectivity index (χ1n) is 5.17. The molecular formula is C10H19NO3. The van der Waals surface area contributed by atoms with Gasteiger partial charge in [0.15, 0.2) is 0 Å². The van der Waals surface area contributed by atoms with Crippen molar-refractivity contribution in [3.63, 3.8) is 0 Å². The van der Waals surface area contributed by atoms with E-state index >= 15 is 0 Å². The molecule has 4 nitrogen and oxygen atoms in total. The molecule has 0 aromatic heterocycles. The Morgan fingerprint density at radius 3 is 2.57 bits per heavy atom. The van der Waals surface area contributed by atoms with Crippen LogP contribution in [-0.4, -0.2) is 47.8 Å². The number of ether oxygens (including phenoxy) is 1. The van der Waals surface area contributed by atoms with E-state index < -0.39 is 0 Å². The van der Waals surface area contributed by atoms with Gasteiger partial charge in [0.1, 0.15) is 6.61 Å². The van der Waals surface area contributed by atoms with Gasteiger partial charge in [0.05, 0.1) is 12.2 Å². The summed E-state index contributed by atoms with van der Waals surface area (Å²) in [5, 5.41) is 9.26. The Hall–Kier alpha value is -0.610. The second-order valence-electron chi connectivity index (χ2n) is 3.97. The first-order valence-corrected chi connectivity index (χ1v) is 5.17. The van der Waals surface area contributed by atoms with Crippen LogP contribution in [0.15, 0.2) is 0 Å². The van der Waals surface area contributed by atoms with Gasteiger partial charge >= 0.3 is 0 Å². The van der Waals surface area contributed by atoms with E-state index in [1.54, 1.807) is 4.90 Å². The second-order valence-corrected chi connectivity index (χ2v) is 3.97. The third kappa shape index (κ3) is 3.64. The van der Waals surface area contributed by atoms with Crippen molar-refractivity contribution in [3.8, 4) is 0 Å². The Kier molecular flexibility index (Phi) is 4.35. The van der Waals surface area contributed by atoms with Gasteiger partial charge in [0.25, 0.3) is 0 Å². The van der Waals surface area contributed by atoms with E-state index in [1.165, 1.54) is 0 Å². The van der Waals surface area contributed by atoms with Gasteiger partial charge in [0.2, 0.25) is 5.91 Å². The molecule has 1 aliphatic rings. The lowest BCUT2D eigenvalue weighted by molar-refractivity contribution is -0.139. The number of aliphatic hydroxyl groups excluding tert-OH is 1. The summed E-state index contributed by atoms with van der Waals surface area (Å²) >= 11 is 0. The first-order chi connectivity index (χ1) is 6.59. The minimum Gasteiger partial charge on any atom is -0.393 e. The van der Waals surface area contributed by atoms with Crippen molar-refractivity contribution >= 4 is 5.91 Å². The fourth-order valence-corrected chi connectivity index (χ4v) is 1.44. The maximum absolute atomic E-state index is 11.5. The molecule has 1 N–H and O–H groups in total. The average molecular weight is 201 g/mol. The Labute approximate surface area is 84.8 Å². The highest BCUT2D eigenvalue weighted by Crippen LogP contribution is 2.10. The van der Waals surface area contributed by atoms with Crippen LogP contribution in [0.5, 0.6) is 0 Å². The summed E-state index contributed by atoms with van der Waals surface area (Å²) in [5.74, 6) is 0.0330. The van der Waals surface area contributed by atoms with Gasteiger partial charge in [-0.05, 0) is 26.7 Å².